The van der Waals surface area contributed by atoms with Crippen molar-refractivity contribution in [2.75, 3.05) is 24.4 Å². The number of rotatable bonds is 14. The van der Waals surface area contributed by atoms with Crippen LogP contribution in [0.5, 0.6) is 5.75 Å². The highest BCUT2D eigenvalue weighted by Crippen LogP contribution is 2.37. The second-order valence-corrected chi connectivity index (χ2v) is 18.5. The van der Waals surface area contributed by atoms with E-state index in [4.69, 9.17) is 14.9 Å². The normalized spacial score (nSPS) is 12.9. The molecule has 2 aromatic heterocycles. The van der Waals surface area contributed by atoms with Gasteiger partial charge < -0.3 is 25.3 Å². The summed E-state index contributed by atoms with van der Waals surface area (Å²) in [6, 6.07) is 27.1. The Hall–Kier alpha value is -4.78. The van der Waals surface area contributed by atoms with E-state index in [-0.39, 0.29) is 17.0 Å². The summed E-state index contributed by atoms with van der Waals surface area (Å²) in [7, 11) is -1.09. The predicted octanol–water partition coefficient (Wildman–Crippen LogP) is 6.32. The Morgan fingerprint density at radius 1 is 0.980 bits per heavy atom. The largest absolute Gasteiger partial charge is 0.496 e. The molecule has 0 spiro atoms. The summed E-state index contributed by atoms with van der Waals surface area (Å²) >= 11 is 0. The lowest BCUT2D eigenvalue weighted by molar-refractivity contribution is 0.209. The van der Waals surface area contributed by atoms with Crippen LogP contribution in [0.3, 0.4) is 0 Å². The van der Waals surface area contributed by atoms with Gasteiger partial charge in [-0.2, -0.15) is 10.1 Å². The number of carbonyl (C=O) groups is 1. The fourth-order valence-corrected chi connectivity index (χ4v) is 11.1. The number of methoxy groups -OCH3 is 1. The van der Waals surface area contributed by atoms with Crippen LogP contribution >= 0.6 is 0 Å². The fraction of sp³-hybridized carbons (Fsp3) is 0.368. The number of aromatic nitrogens is 4. The van der Waals surface area contributed by atoms with Gasteiger partial charge in [-0.25, -0.2) is 9.78 Å². The third-order valence-corrected chi connectivity index (χ3v) is 14.1. The van der Waals surface area contributed by atoms with Gasteiger partial charge in [0.2, 0.25) is 5.95 Å². The topological polar surface area (TPSA) is 149 Å². The first-order valence-electron chi connectivity index (χ1n) is 17.0. The van der Waals surface area contributed by atoms with Crippen LogP contribution in [-0.4, -0.2) is 59.0 Å². The molecule has 12 heteroatoms. The molecule has 5 aromatic rings. The molecule has 11 nitrogen and oxygen atoms in total. The van der Waals surface area contributed by atoms with Gasteiger partial charge in [0.15, 0.2) is 5.82 Å². The summed E-state index contributed by atoms with van der Waals surface area (Å²) in [5.74, 6) is 1.14. The zero-order valence-corrected chi connectivity index (χ0v) is 31.0. The van der Waals surface area contributed by atoms with Crippen molar-refractivity contribution in [3.05, 3.63) is 96.2 Å². The van der Waals surface area contributed by atoms with E-state index < -0.39 is 19.9 Å². The molecule has 0 aliphatic rings. The Bertz CT molecular complexity index is 1860. The lowest BCUT2D eigenvalue weighted by Gasteiger charge is -2.43. The van der Waals surface area contributed by atoms with Crippen molar-refractivity contribution in [2.45, 2.75) is 77.5 Å². The highest BCUT2D eigenvalue weighted by molar-refractivity contribution is 6.99. The van der Waals surface area contributed by atoms with Crippen molar-refractivity contribution >= 4 is 47.6 Å². The average molecular weight is 696 g/mol. The van der Waals surface area contributed by atoms with Gasteiger partial charge in [0.05, 0.1) is 19.9 Å². The van der Waals surface area contributed by atoms with Crippen molar-refractivity contribution in [3.63, 3.8) is 0 Å². The van der Waals surface area contributed by atoms with Crippen LogP contribution in [0.4, 0.5) is 16.6 Å². The number of nitrogens with zero attached hydrogens (tertiary/aromatic N) is 4. The van der Waals surface area contributed by atoms with Crippen molar-refractivity contribution < 1.29 is 19.1 Å². The number of hydrogen-bond donors (Lipinski definition) is 4. The average Bonchev–Trinajstić information content (AvgIpc) is 3.48. The maximum Gasteiger partial charge on any atom is 0.411 e. The Morgan fingerprint density at radius 3 is 2.16 bits per heavy atom. The molecule has 0 saturated heterocycles. The Labute approximate surface area is 295 Å². The molecule has 50 heavy (non-hydrogen) atoms. The maximum absolute atomic E-state index is 11.6. The van der Waals surface area contributed by atoms with Crippen LogP contribution in [0.1, 0.15) is 65.5 Å². The van der Waals surface area contributed by atoms with E-state index in [1.807, 2.05) is 44.2 Å². The second kappa shape index (κ2) is 15.0. The van der Waals surface area contributed by atoms with E-state index >= 15 is 0 Å². The lowest BCUT2D eigenvalue weighted by Crippen LogP contribution is -2.66. The van der Waals surface area contributed by atoms with Gasteiger partial charge in [0, 0.05) is 23.8 Å². The lowest BCUT2D eigenvalue weighted by atomic mass is 9.94. The van der Waals surface area contributed by atoms with E-state index in [1.165, 1.54) is 10.4 Å². The third-order valence-electron chi connectivity index (χ3n) is 9.09. The van der Waals surface area contributed by atoms with E-state index in [0.717, 1.165) is 17.5 Å². The van der Waals surface area contributed by atoms with Gasteiger partial charge in [-0.15, -0.1) is 0 Å². The summed E-state index contributed by atoms with van der Waals surface area (Å²) in [5.41, 5.74) is 8.83. The van der Waals surface area contributed by atoms with Gasteiger partial charge in [-0.05, 0) is 53.7 Å². The van der Waals surface area contributed by atoms with Gasteiger partial charge in [0.1, 0.15) is 16.8 Å². The van der Waals surface area contributed by atoms with Crippen LogP contribution in [0, 0.1) is 0 Å². The molecule has 1 atom stereocenters. The van der Waals surface area contributed by atoms with Gasteiger partial charge in [-0.3, -0.25) is 10.00 Å². The van der Waals surface area contributed by atoms with Gasteiger partial charge in [-0.1, -0.05) is 100 Å². The molecule has 3 aromatic carbocycles. The zero-order chi connectivity index (χ0) is 36.1. The van der Waals surface area contributed by atoms with E-state index in [0.29, 0.717) is 42.2 Å². The number of amides is 1. The van der Waals surface area contributed by atoms with Crippen molar-refractivity contribution in [3.8, 4) is 5.75 Å². The highest BCUT2D eigenvalue weighted by atomic mass is 28.4. The van der Waals surface area contributed by atoms with Crippen molar-refractivity contribution in [1.82, 2.24) is 19.7 Å². The SMILES string of the molecule is CC[C@@H](CCO[Si](c1ccccc1)(c1ccccc1)C(C)(C)C)Nc1nc(NC(=O)O)nc2cnn(Cc3ccc(C(C)(C)N)cc3OC)c12. The Balaban J connectivity index is 1.47. The number of nitrogens with two attached hydrogens (primary N) is 1. The molecular formula is C38H49N7O4Si. The summed E-state index contributed by atoms with van der Waals surface area (Å²) in [4.78, 5) is 20.7. The van der Waals surface area contributed by atoms with E-state index in [1.54, 1.807) is 18.0 Å². The molecule has 2 heterocycles. The number of anilines is 2. The quantitative estimate of drug-likeness (QED) is 0.0979. The second-order valence-electron chi connectivity index (χ2n) is 14.2. The summed E-state index contributed by atoms with van der Waals surface area (Å²) in [6.07, 6.45) is 1.83. The number of fused-ring (bicyclic) bond motifs is 1. The smallest absolute Gasteiger partial charge is 0.411 e. The summed E-state index contributed by atoms with van der Waals surface area (Å²) < 4.78 is 14.7. The summed E-state index contributed by atoms with van der Waals surface area (Å²) in [6.45, 7) is 13.7. The molecule has 0 bridgehead atoms. The molecule has 0 unspecified atom stereocenters. The zero-order valence-electron chi connectivity index (χ0n) is 30.0. The number of nitrogens with one attached hydrogen (secondary N) is 2. The van der Waals surface area contributed by atoms with Crippen LogP contribution in [0.15, 0.2) is 85.1 Å². The monoisotopic (exact) mass is 695 g/mol. The molecule has 5 N–H and O–H groups in total. The summed E-state index contributed by atoms with van der Waals surface area (Å²) in [5, 5.41) is 22.3. The Kier molecular flexibility index (Phi) is 10.9. The van der Waals surface area contributed by atoms with E-state index in [9.17, 15) is 9.90 Å². The van der Waals surface area contributed by atoms with Gasteiger partial charge in [0.25, 0.3) is 8.32 Å². The molecule has 0 aliphatic heterocycles. The van der Waals surface area contributed by atoms with Crippen molar-refractivity contribution in [1.29, 1.82) is 0 Å². The first-order valence-corrected chi connectivity index (χ1v) is 18.9. The number of hydrogen-bond acceptors (Lipinski definition) is 8. The van der Waals surface area contributed by atoms with Crippen molar-refractivity contribution in [2.24, 2.45) is 5.73 Å². The molecule has 264 valence electrons. The van der Waals surface area contributed by atoms with Crippen LogP contribution in [0.2, 0.25) is 5.04 Å². The molecular weight excluding hydrogens is 647 g/mol. The van der Waals surface area contributed by atoms with Crippen LogP contribution < -0.4 is 31.5 Å². The first-order chi connectivity index (χ1) is 23.8. The van der Waals surface area contributed by atoms with Gasteiger partial charge >= 0.3 is 6.09 Å². The number of benzene rings is 3. The molecule has 0 aliphatic carbocycles. The minimum Gasteiger partial charge on any atom is -0.496 e. The molecule has 5 rings (SSSR count). The standard InChI is InChI=1S/C38H49N7O4Si/c1-8-28(21-22-49-50(37(2,3)4,29-15-11-9-12-16-29)30-17-13-10-14-18-30)41-34-33-31(42-35(43-34)44-36(46)47)24-40-45(33)25-26-19-20-27(38(5,6)39)23-32(26)48-7/h9-20,23-24,28H,8,21-22,25,39H2,1-7H3,(H,46,47)(H2,41,42,43,44)/t28-/m0/s1. The molecule has 0 radical (unpaired) electrons. The molecule has 0 saturated carbocycles. The minimum absolute atomic E-state index is 0.0300. The molecule has 1 amide bonds. The van der Waals surface area contributed by atoms with Crippen LogP contribution in [-0.2, 0) is 16.5 Å². The van der Waals surface area contributed by atoms with Crippen LogP contribution in [0.25, 0.3) is 11.0 Å². The number of carboxylic acid groups (broad SMARTS) is 1. The Morgan fingerprint density at radius 2 is 1.62 bits per heavy atom. The highest BCUT2D eigenvalue weighted by Gasteiger charge is 2.50. The molecule has 0 fully saturated rings. The van der Waals surface area contributed by atoms with E-state index in [2.05, 4.69) is 102 Å². The third kappa shape index (κ3) is 7.82. The minimum atomic E-state index is -2.72. The predicted molar refractivity (Wildman–Crippen MR) is 202 cm³/mol. The fourth-order valence-electron chi connectivity index (χ4n) is 6.50. The number of ether oxygens (including phenoxy) is 1. The first kappa shape index (κ1) is 36.5. The maximum atomic E-state index is 11.6.